The van der Waals surface area contributed by atoms with E-state index < -0.39 is 5.97 Å². The molecule has 0 amide bonds. The van der Waals surface area contributed by atoms with Crippen LogP contribution in [0.4, 0.5) is 11.5 Å². The van der Waals surface area contributed by atoms with Crippen molar-refractivity contribution in [2.45, 2.75) is 12.8 Å². The molecule has 0 spiro atoms. The largest absolute Gasteiger partial charge is 0.478 e. The van der Waals surface area contributed by atoms with Crippen LogP contribution in [0, 0.1) is 5.92 Å². The van der Waals surface area contributed by atoms with Crippen LogP contribution in [0.1, 0.15) is 23.2 Å². The fourth-order valence-corrected chi connectivity index (χ4v) is 1.68. The molecule has 5 nitrogen and oxygen atoms in total. The summed E-state index contributed by atoms with van der Waals surface area (Å²) >= 11 is 0. The van der Waals surface area contributed by atoms with Gasteiger partial charge in [-0.15, -0.1) is 0 Å². The van der Waals surface area contributed by atoms with E-state index in [9.17, 15) is 4.79 Å². The number of nitrogen functional groups attached to an aromatic ring is 1. The SMILES string of the molecule is CN(CC1CC1)c1ncc(C(=O)O)cc1N. The first-order valence-corrected chi connectivity index (χ1v) is 5.28. The van der Waals surface area contributed by atoms with Crippen LogP contribution in [-0.2, 0) is 0 Å². The Balaban J connectivity index is 2.17. The van der Waals surface area contributed by atoms with E-state index in [0.29, 0.717) is 11.5 Å². The molecule has 1 aromatic heterocycles. The predicted octanol–water partition coefficient (Wildman–Crippen LogP) is 1.21. The minimum absolute atomic E-state index is 0.126. The van der Waals surface area contributed by atoms with Gasteiger partial charge in [-0.3, -0.25) is 0 Å². The number of hydrogen-bond acceptors (Lipinski definition) is 4. The number of nitrogens with two attached hydrogens (primary N) is 1. The van der Waals surface area contributed by atoms with Crippen LogP contribution in [-0.4, -0.2) is 29.7 Å². The molecule has 1 aliphatic carbocycles. The number of hydrogen-bond donors (Lipinski definition) is 2. The molecule has 0 aromatic carbocycles. The van der Waals surface area contributed by atoms with Gasteiger partial charge in [-0.05, 0) is 24.8 Å². The third-order valence-electron chi connectivity index (χ3n) is 2.73. The Kier molecular flexibility index (Phi) is 2.68. The Hall–Kier alpha value is -1.78. The third kappa shape index (κ3) is 2.24. The highest BCUT2D eigenvalue weighted by Gasteiger charge is 2.24. The van der Waals surface area contributed by atoms with Gasteiger partial charge in [0.25, 0.3) is 0 Å². The Morgan fingerprint density at radius 1 is 1.69 bits per heavy atom. The maximum Gasteiger partial charge on any atom is 0.337 e. The van der Waals surface area contributed by atoms with Crippen LogP contribution in [0.5, 0.6) is 0 Å². The molecule has 0 bridgehead atoms. The van der Waals surface area contributed by atoms with E-state index in [4.69, 9.17) is 10.8 Å². The van der Waals surface area contributed by atoms with Crippen molar-refractivity contribution in [3.05, 3.63) is 17.8 Å². The molecule has 2 rings (SSSR count). The summed E-state index contributed by atoms with van der Waals surface area (Å²) in [7, 11) is 1.93. The number of rotatable bonds is 4. The number of carbonyl (C=O) groups is 1. The minimum atomic E-state index is -1.00. The summed E-state index contributed by atoms with van der Waals surface area (Å²) in [6.07, 6.45) is 3.87. The van der Waals surface area contributed by atoms with Gasteiger partial charge < -0.3 is 15.7 Å². The van der Waals surface area contributed by atoms with E-state index in [1.807, 2.05) is 11.9 Å². The molecule has 1 aliphatic rings. The Morgan fingerprint density at radius 3 is 2.88 bits per heavy atom. The Bertz CT molecular complexity index is 416. The molecule has 86 valence electrons. The van der Waals surface area contributed by atoms with Crippen LogP contribution < -0.4 is 10.6 Å². The van der Waals surface area contributed by atoms with Gasteiger partial charge in [0.1, 0.15) is 0 Å². The third-order valence-corrected chi connectivity index (χ3v) is 2.73. The number of anilines is 2. The summed E-state index contributed by atoms with van der Waals surface area (Å²) in [6.45, 7) is 0.934. The van der Waals surface area contributed by atoms with Crippen molar-refractivity contribution in [2.24, 2.45) is 5.92 Å². The molecule has 1 aromatic rings. The minimum Gasteiger partial charge on any atom is -0.478 e. The van der Waals surface area contributed by atoms with Crippen molar-refractivity contribution in [2.75, 3.05) is 24.2 Å². The van der Waals surface area contributed by atoms with Gasteiger partial charge in [0.2, 0.25) is 0 Å². The molecule has 5 heteroatoms. The average Bonchev–Trinajstić information content (AvgIpc) is 3.01. The number of aromatic nitrogens is 1. The lowest BCUT2D eigenvalue weighted by Gasteiger charge is -2.19. The summed E-state index contributed by atoms with van der Waals surface area (Å²) in [5.74, 6) is 0.401. The quantitative estimate of drug-likeness (QED) is 0.798. The summed E-state index contributed by atoms with van der Waals surface area (Å²) in [5, 5.41) is 8.79. The van der Waals surface area contributed by atoms with Crippen molar-refractivity contribution in [3.63, 3.8) is 0 Å². The zero-order valence-electron chi connectivity index (χ0n) is 9.18. The molecule has 0 radical (unpaired) electrons. The van der Waals surface area contributed by atoms with Gasteiger partial charge in [0.05, 0.1) is 11.3 Å². The molecular weight excluding hydrogens is 206 g/mol. The van der Waals surface area contributed by atoms with Crippen molar-refractivity contribution in [1.29, 1.82) is 0 Å². The molecule has 1 heterocycles. The van der Waals surface area contributed by atoms with Gasteiger partial charge in [-0.2, -0.15) is 0 Å². The Labute approximate surface area is 93.9 Å². The second-order valence-electron chi connectivity index (χ2n) is 4.27. The van der Waals surface area contributed by atoms with Crippen molar-refractivity contribution in [1.82, 2.24) is 4.98 Å². The van der Waals surface area contributed by atoms with E-state index in [-0.39, 0.29) is 5.56 Å². The highest BCUT2D eigenvalue weighted by atomic mass is 16.4. The van der Waals surface area contributed by atoms with E-state index in [2.05, 4.69) is 4.98 Å². The van der Waals surface area contributed by atoms with Crippen molar-refractivity contribution in [3.8, 4) is 0 Å². The van der Waals surface area contributed by atoms with Gasteiger partial charge >= 0.3 is 5.97 Å². The summed E-state index contributed by atoms with van der Waals surface area (Å²) < 4.78 is 0. The zero-order valence-corrected chi connectivity index (χ0v) is 9.18. The van der Waals surface area contributed by atoms with Crippen LogP contribution in [0.25, 0.3) is 0 Å². The molecule has 0 saturated heterocycles. The average molecular weight is 221 g/mol. The predicted molar refractivity (Wildman–Crippen MR) is 61.6 cm³/mol. The first-order valence-electron chi connectivity index (χ1n) is 5.28. The van der Waals surface area contributed by atoms with Gasteiger partial charge in [-0.1, -0.05) is 0 Å². The van der Waals surface area contributed by atoms with Crippen LogP contribution in [0.2, 0.25) is 0 Å². The second kappa shape index (κ2) is 4.00. The van der Waals surface area contributed by atoms with E-state index in [1.165, 1.54) is 25.1 Å². The molecule has 16 heavy (non-hydrogen) atoms. The fourth-order valence-electron chi connectivity index (χ4n) is 1.68. The van der Waals surface area contributed by atoms with E-state index in [1.54, 1.807) is 0 Å². The Morgan fingerprint density at radius 2 is 2.38 bits per heavy atom. The van der Waals surface area contributed by atoms with Gasteiger partial charge in [0.15, 0.2) is 5.82 Å². The van der Waals surface area contributed by atoms with Crippen LogP contribution in [0.3, 0.4) is 0 Å². The fraction of sp³-hybridized carbons (Fsp3) is 0.455. The van der Waals surface area contributed by atoms with Crippen molar-refractivity contribution >= 4 is 17.5 Å². The molecule has 1 saturated carbocycles. The highest BCUT2D eigenvalue weighted by Crippen LogP contribution is 2.31. The molecular formula is C11H15N3O2. The van der Waals surface area contributed by atoms with E-state index in [0.717, 1.165) is 12.5 Å². The summed E-state index contributed by atoms with van der Waals surface area (Å²) in [6, 6.07) is 1.45. The zero-order chi connectivity index (χ0) is 11.7. The van der Waals surface area contributed by atoms with Crippen molar-refractivity contribution < 1.29 is 9.90 Å². The maximum atomic E-state index is 10.7. The lowest BCUT2D eigenvalue weighted by molar-refractivity contribution is 0.0696. The van der Waals surface area contributed by atoms with Gasteiger partial charge in [-0.25, -0.2) is 9.78 Å². The second-order valence-corrected chi connectivity index (χ2v) is 4.27. The van der Waals surface area contributed by atoms with Gasteiger partial charge in [0, 0.05) is 19.8 Å². The first-order chi connectivity index (χ1) is 7.58. The lowest BCUT2D eigenvalue weighted by atomic mass is 10.2. The monoisotopic (exact) mass is 221 g/mol. The number of nitrogens with zero attached hydrogens (tertiary/aromatic N) is 2. The number of carboxylic acids is 1. The molecule has 1 fully saturated rings. The molecule has 0 atom stereocenters. The highest BCUT2D eigenvalue weighted by molar-refractivity contribution is 5.89. The number of carboxylic acid groups (broad SMARTS) is 1. The van der Waals surface area contributed by atoms with Crippen LogP contribution >= 0.6 is 0 Å². The molecule has 0 aliphatic heterocycles. The standard InChI is InChI=1S/C11H15N3O2/c1-14(6-7-2-3-7)10-9(12)4-8(5-13-10)11(15)16/h4-5,7H,2-3,6,12H2,1H3,(H,15,16). The lowest BCUT2D eigenvalue weighted by Crippen LogP contribution is -2.22. The summed E-state index contributed by atoms with van der Waals surface area (Å²) in [4.78, 5) is 16.8. The molecule has 0 unspecified atom stereocenters. The first kappa shape index (κ1) is 10.7. The number of aromatic carboxylic acids is 1. The smallest absolute Gasteiger partial charge is 0.337 e. The summed E-state index contributed by atoms with van der Waals surface area (Å²) in [5.41, 5.74) is 6.33. The normalized spacial score (nSPS) is 14.8. The number of pyridine rings is 1. The molecule has 3 N–H and O–H groups in total. The van der Waals surface area contributed by atoms with E-state index >= 15 is 0 Å². The van der Waals surface area contributed by atoms with Crippen LogP contribution in [0.15, 0.2) is 12.3 Å². The topological polar surface area (TPSA) is 79.5 Å². The maximum absolute atomic E-state index is 10.7.